The van der Waals surface area contributed by atoms with E-state index in [1.54, 1.807) is 6.92 Å². The quantitative estimate of drug-likeness (QED) is 0.728. The number of carbonyl (C=O) groups is 2. The van der Waals surface area contributed by atoms with E-state index in [2.05, 4.69) is 5.32 Å². The zero-order valence-corrected chi connectivity index (χ0v) is 14.0. The molecule has 0 radical (unpaired) electrons. The fraction of sp³-hybridized carbons (Fsp3) is 0.368. The highest BCUT2D eigenvalue weighted by Crippen LogP contribution is 2.25. The number of aliphatic carboxylic acids is 1. The molecule has 5 nitrogen and oxygen atoms in total. The summed E-state index contributed by atoms with van der Waals surface area (Å²) in [6, 6.07) is 13.8. The number of hydrogen-bond acceptors (Lipinski definition) is 3. The van der Waals surface area contributed by atoms with Crippen molar-refractivity contribution in [2.24, 2.45) is 0 Å². The summed E-state index contributed by atoms with van der Waals surface area (Å²) in [5.74, 6) is -0.508. The van der Waals surface area contributed by atoms with Gasteiger partial charge in [-0.25, -0.2) is 4.79 Å². The van der Waals surface area contributed by atoms with Crippen molar-refractivity contribution < 1.29 is 19.4 Å². The van der Waals surface area contributed by atoms with Gasteiger partial charge >= 0.3 is 5.97 Å². The SMILES string of the molecule is CCC(C)(NC(=O)CCCOc1cccc2ccccc12)C(=O)O. The second kappa shape index (κ2) is 7.81. The van der Waals surface area contributed by atoms with Crippen LogP contribution in [0.4, 0.5) is 0 Å². The lowest BCUT2D eigenvalue weighted by Crippen LogP contribution is -2.51. The molecule has 0 spiro atoms. The first kappa shape index (κ1) is 17.8. The van der Waals surface area contributed by atoms with Crippen LogP contribution in [-0.4, -0.2) is 29.1 Å². The zero-order chi connectivity index (χ0) is 17.6. The molecule has 0 aromatic heterocycles. The van der Waals surface area contributed by atoms with E-state index in [9.17, 15) is 9.59 Å². The molecular weight excluding hydrogens is 306 g/mol. The fourth-order valence-electron chi connectivity index (χ4n) is 2.40. The van der Waals surface area contributed by atoms with E-state index in [0.29, 0.717) is 19.4 Å². The number of rotatable bonds is 8. The smallest absolute Gasteiger partial charge is 0.329 e. The molecule has 128 valence electrons. The van der Waals surface area contributed by atoms with Crippen molar-refractivity contribution in [1.29, 1.82) is 0 Å². The van der Waals surface area contributed by atoms with Crippen molar-refractivity contribution in [1.82, 2.24) is 5.32 Å². The average molecular weight is 329 g/mol. The van der Waals surface area contributed by atoms with Crippen molar-refractivity contribution in [3.8, 4) is 5.75 Å². The molecule has 2 rings (SSSR count). The van der Waals surface area contributed by atoms with Gasteiger partial charge in [0.1, 0.15) is 11.3 Å². The third kappa shape index (κ3) is 4.25. The van der Waals surface area contributed by atoms with Gasteiger partial charge < -0.3 is 15.2 Å². The maximum atomic E-state index is 11.9. The van der Waals surface area contributed by atoms with Gasteiger partial charge in [0.15, 0.2) is 0 Å². The van der Waals surface area contributed by atoms with Gasteiger partial charge in [-0.05, 0) is 31.2 Å². The van der Waals surface area contributed by atoms with Crippen LogP contribution in [0.1, 0.15) is 33.1 Å². The van der Waals surface area contributed by atoms with Crippen molar-refractivity contribution >= 4 is 22.6 Å². The molecule has 0 bridgehead atoms. The van der Waals surface area contributed by atoms with E-state index in [4.69, 9.17) is 9.84 Å². The lowest BCUT2D eigenvalue weighted by Gasteiger charge is -2.24. The van der Waals surface area contributed by atoms with E-state index < -0.39 is 11.5 Å². The summed E-state index contributed by atoms with van der Waals surface area (Å²) in [5, 5.41) is 13.9. The maximum Gasteiger partial charge on any atom is 0.329 e. The minimum absolute atomic E-state index is 0.230. The molecular formula is C19H23NO4. The molecule has 24 heavy (non-hydrogen) atoms. The van der Waals surface area contributed by atoms with E-state index >= 15 is 0 Å². The van der Waals surface area contributed by atoms with Crippen LogP contribution in [0.25, 0.3) is 10.8 Å². The fourth-order valence-corrected chi connectivity index (χ4v) is 2.40. The molecule has 1 unspecified atom stereocenters. The van der Waals surface area contributed by atoms with Crippen LogP contribution in [-0.2, 0) is 9.59 Å². The first-order valence-electron chi connectivity index (χ1n) is 8.11. The van der Waals surface area contributed by atoms with Crippen LogP contribution in [0.3, 0.4) is 0 Å². The van der Waals surface area contributed by atoms with Crippen LogP contribution in [0.2, 0.25) is 0 Å². The van der Waals surface area contributed by atoms with E-state index in [1.165, 1.54) is 6.92 Å². The zero-order valence-electron chi connectivity index (χ0n) is 14.0. The predicted molar refractivity (Wildman–Crippen MR) is 93.2 cm³/mol. The van der Waals surface area contributed by atoms with Crippen LogP contribution in [0.15, 0.2) is 42.5 Å². The predicted octanol–water partition coefficient (Wildman–Crippen LogP) is 3.37. The highest BCUT2D eigenvalue weighted by molar-refractivity contribution is 5.88. The Morgan fingerprint density at radius 3 is 2.58 bits per heavy atom. The number of nitrogens with one attached hydrogen (secondary N) is 1. The largest absolute Gasteiger partial charge is 0.493 e. The summed E-state index contributed by atoms with van der Waals surface area (Å²) < 4.78 is 5.78. The Labute approximate surface area is 141 Å². The molecule has 0 heterocycles. The highest BCUT2D eigenvalue weighted by Gasteiger charge is 2.32. The number of benzene rings is 2. The minimum atomic E-state index is -1.21. The molecule has 0 aliphatic heterocycles. The molecule has 2 aromatic carbocycles. The summed E-state index contributed by atoms with van der Waals surface area (Å²) >= 11 is 0. The van der Waals surface area contributed by atoms with E-state index in [-0.39, 0.29) is 12.3 Å². The van der Waals surface area contributed by atoms with Gasteiger partial charge in [-0.2, -0.15) is 0 Å². The Hall–Kier alpha value is -2.56. The van der Waals surface area contributed by atoms with Gasteiger partial charge in [0.05, 0.1) is 6.61 Å². The Balaban J connectivity index is 1.84. The summed E-state index contributed by atoms with van der Waals surface area (Å²) in [5.41, 5.74) is -1.21. The van der Waals surface area contributed by atoms with Gasteiger partial charge in [0.2, 0.25) is 5.91 Å². The van der Waals surface area contributed by atoms with Crippen LogP contribution in [0.5, 0.6) is 5.75 Å². The number of fused-ring (bicyclic) bond motifs is 1. The van der Waals surface area contributed by atoms with Crippen molar-refractivity contribution in [2.75, 3.05) is 6.61 Å². The first-order valence-corrected chi connectivity index (χ1v) is 8.11. The number of ether oxygens (including phenoxy) is 1. The number of amides is 1. The molecule has 0 aliphatic carbocycles. The normalized spacial score (nSPS) is 13.2. The van der Waals surface area contributed by atoms with Gasteiger partial charge in [-0.15, -0.1) is 0 Å². The molecule has 0 saturated carbocycles. The van der Waals surface area contributed by atoms with Crippen LogP contribution < -0.4 is 10.1 Å². The average Bonchev–Trinajstić information content (AvgIpc) is 2.58. The third-order valence-electron chi connectivity index (χ3n) is 4.15. The summed E-state index contributed by atoms with van der Waals surface area (Å²) in [6.07, 6.45) is 1.09. The topological polar surface area (TPSA) is 75.6 Å². The van der Waals surface area contributed by atoms with Gasteiger partial charge in [-0.1, -0.05) is 43.3 Å². The standard InChI is InChI=1S/C19H23NO4/c1-3-19(2,18(22)23)20-17(21)12-7-13-24-16-11-6-9-14-8-4-5-10-15(14)16/h4-6,8-11H,3,7,12-13H2,1-2H3,(H,20,21)(H,22,23). The van der Waals surface area contributed by atoms with E-state index in [1.807, 2.05) is 42.5 Å². The van der Waals surface area contributed by atoms with E-state index in [0.717, 1.165) is 16.5 Å². The number of carboxylic acid groups (broad SMARTS) is 1. The minimum Gasteiger partial charge on any atom is -0.493 e. The van der Waals surface area contributed by atoms with Crippen LogP contribution >= 0.6 is 0 Å². The summed E-state index contributed by atoms with van der Waals surface area (Å²) in [7, 11) is 0. The summed E-state index contributed by atoms with van der Waals surface area (Å²) in [6.45, 7) is 3.65. The second-order valence-corrected chi connectivity index (χ2v) is 5.97. The summed E-state index contributed by atoms with van der Waals surface area (Å²) in [4.78, 5) is 23.1. The molecule has 0 saturated heterocycles. The van der Waals surface area contributed by atoms with Crippen molar-refractivity contribution in [3.63, 3.8) is 0 Å². The Morgan fingerprint density at radius 1 is 1.17 bits per heavy atom. The van der Waals surface area contributed by atoms with Gasteiger partial charge in [0.25, 0.3) is 0 Å². The Morgan fingerprint density at radius 2 is 1.88 bits per heavy atom. The lowest BCUT2D eigenvalue weighted by atomic mass is 9.99. The Kier molecular flexibility index (Phi) is 5.79. The molecule has 0 aliphatic rings. The number of carboxylic acids is 1. The monoisotopic (exact) mass is 329 g/mol. The molecule has 1 atom stereocenters. The maximum absolute atomic E-state index is 11.9. The molecule has 1 amide bonds. The second-order valence-electron chi connectivity index (χ2n) is 5.97. The first-order chi connectivity index (χ1) is 11.5. The van der Waals surface area contributed by atoms with Crippen molar-refractivity contribution in [3.05, 3.63) is 42.5 Å². The molecule has 2 aromatic rings. The highest BCUT2D eigenvalue weighted by atomic mass is 16.5. The van der Waals surface area contributed by atoms with Crippen LogP contribution in [0, 0.1) is 0 Å². The molecule has 2 N–H and O–H groups in total. The third-order valence-corrected chi connectivity index (χ3v) is 4.15. The number of hydrogen-bond donors (Lipinski definition) is 2. The number of carbonyl (C=O) groups excluding carboxylic acids is 1. The molecule has 0 fully saturated rings. The van der Waals surface area contributed by atoms with Gasteiger partial charge in [-0.3, -0.25) is 4.79 Å². The van der Waals surface area contributed by atoms with Crippen molar-refractivity contribution in [2.45, 2.75) is 38.6 Å². The van der Waals surface area contributed by atoms with Gasteiger partial charge in [0, 0.05) is 11.8 Å². The lowest BCUT2D eigenvalue weighted by molar-refractivity contribution is -0.147. The Bertz CT molecular complexity index is 723. The molecule has 5 heteroatoms.